The van der Waals surface area contributed by atoms with Gasteiger partial charge in [-0.15, -0.1) is 11.8 Å². The Kier molecular flexibility index (Phi) is 7.73. The highest BCUT2D eigenvalue weighted by molar-refractivity contribution is 7.98. The molecule has 0 spiro atoms. The van der Waals surface area contributed by atoms with Crippen LogP contribution in [0.25, 0.3) is 6.08 Å². The van der Waals surface area contributed by atoms with Crippen LogP contribution >= 0.6 is 23.1 Å². The molecule has 35 heavy (non-hydrogen) atoms. The summed E-state index contributed by atoms with van der Waals surface area (Å²) in [6, 6.07) is 14.8. The van der Waals surface area contributed by atoms with Gasteiger partial charge >= 0.3 is 5.97 Å². The zero-order chi connectivity index (χ0) is 24.9. The highest BCUT2D eigenvalue weighted by atomic mass is 32.2. The SMILES string of the molecule is C=CCOc1ccc(/C=c2\sc3n(c2=O)[C@@H](c2ccc(SC)cc2)C(C(=O)OCC)=C(C)N=3)cc1. The number of carbonyl (C=O) groups is 1. The van der Waals surface area contributed by atoms with Gasteiger partial charge in [0.15, 0.2) is 4.80 Å². The number of thioether (sulfide) groups is 1. The standard InChI is InChI=1S/C27H26N2O4S2/c1-5-15-33-20-11-7-18(8-12-20)16-22-25(30)29-24(19-9-13-21(34-4)14-10-19)23(26(31)32-6-2)17(3)28-27(29)35-22/h5,7-14,16,24H,1,6,15H2,2-4H3/b22-16-/t24-/m0/s1. The molecule has 1 atom stereocenters. The van der Waals surface area contributed by atoms with Crippen LogP contribution < -0.4 is 19.6 Å². The lowest BCUT2D eigenvalue weighted by molar-refractivity contribution is -0.139. The predicted octanol–water partition coefficient (Wildman–Crippen LogP) is 4.09. The maximum atomic E-state index is 13.6. The summed E-state index contributed by atoms with van der Waals surface area (Å²) >= 11 is 2.94. The second-order valence-corrected chi connectivity index (χ2v) is 9.63. The molecule has 1 aromatic heterocycles. The van der Waals surface area contributed by atoms with Crippen molar-refractivity contribution in [3.05, 3.63) is 103 Å². The van der Waals surface area contributed by atoms with Crippen LogP contribution in [0.1, 0.15) is 31.0 Å². The fourth-order valence-electron chi connectivity index (χ4n) is 3.86. The van der Waals surface area contributed by atoms with Crippen molar-refractivity contribution in [1.29, 1.82) is 0 Å². The lowest BCUT2D eigenvalue weighted by Crippen LogP contribution is -2.39. The van der Waals surface area contributed by atoms with Crippen molar-refractivity contribution in [2.24, 2.45) is 4.99 Å². The molecule has 2 heterocycles. The zero-order valence-electron chi connectivity index (χ0n) is 19.8. The molecule has 180 valence electrons. The third kappa shape index (κ3) is 5.18. The number of esters is 1. The molecule has 0 fully saturated rings. The maximum Gasteiger partial charge on any atom is 0.338 e. The molecule has 0 unspecified atom stereocenters. The van der Waals surface area contributed by atoms with Crippen molar-refractivity contribution in [1.82, 2.24) is 4.57 Å². The summed E-state index contributed by atoms with van der Waals surface area (Å²) in [5, 5.41) is 0. The smallest absolute Gasteiger partial charge is 0.338 e. The first-order chi connectivity index (χ1) is 17.0. The van der Waals surface area contributed by atoms with Crippen LogP contribution in [-0.2, 0) is 9.53 Å². The Hall–Kier alpha value is -3.36. The zero-order valence-corrected chi connectivity index (χ0v) is 21.4. The number of nitrogens with zero attached hydrogens (tertiary/aromatic N) is 2. The quantitative estimate of drug-likeness (QED) is 0.262. The fourth-order valence-corrected chi connectivity index (χ4v) is 5.31. The summed E-state index contributed by atoms with van der Waals surface area (Å²) in [6.07, 6.45) is 5.52. The van der Waals surface area contributed by atoms with Crippen LogP contribution in [0.2, 0.25) is 0 Å². The fraction of sp³-hybridized carbons (Fsp3) is 0.222. The van der Waals surface area contributed by atoms with E-state index in [9.17, 15) is 9.59 Å². The summed E-state index contributed by atoms with van der Waals surface area (Å²) in [5.74, 6) is 0.268. The molecular weight excluding hydrogens is 480 g/mol. The molecule has 0 N–H and O–H groups in total. The monoisotopic (exact) mass is 506 g/mol. The Morgan fingerprint density at radius 2 is 1.91 bits per heavy atom. The molecule has 1 aliphatic heterocycles. The van der Waals surface area contributed by atoms with Gasteiger partial charge in [0.25, 0.3) is 5.56 Å². The number of carbonyl (C=O) groups excluding carboxylic acids is 1. The van der Waals surface area contributed by atoms with Crippen LogP contribution in [0, 0.1) is 0 Å². The largest absolute Gasteiger partial charge is 0.490 e. The molecule has 0 amide bonds. The van der Waals surface area contributed by atoms with E-state index in [0.29, 0.717) is 27.2 Å². The first-order valence-electron chi connectivity index (χ1n) is 11.1. The molecule has 8 heteroatoms. The van der Waals surface area contributed by atoms with Gasteiger partial charge in [-0.1, -0.05) is 48.3 Å². The first-order valence-corrected chi connectivity index (χ1v) is 13.2. The average molecular weight is 507 g/mol. The molecule has 0 aliphatic carbocycles. The molecule has 0 saturated heterocycles. The summed E-state index contributed by atoms with van der Waals surface area (Å²) in [6.45, 7) is 7.87. The highest BCUT2D eigenvalue weighted by Crippen LogP contribution is 2.31. The minimum absolute atomic E-state index is 0.200. The number of ether oxygens (including phenoxy) is 2. The van der Waals surface area contributed by atoms with Gasteiger partial charge in [-0.05, 0) is 61.6 Å². The number of aromatic nitrogens is 1. The second-order valence-electron chi connectivity index (χ2n) is 7.74. The van der Waals surface area contributed by atoms with Gasteiger partial charge in [0.05, 0.1) is 28.5 Å². The van der Waals surface area contributed by atoms with Crippen LogP contribution in [0.5, 0.6) is 5.75 Å². The van der Waals surface area contributed by atoms with E-state index in [1.165, 1.54) is 11.3 Å². The average Bonchev–Trinajstić information content (AvgIpc) is 3.17. The number of hydrogen-bond acceptors (Lipinski definition) is 7. The third-order valence-electron chi connectivity index (χ3n) is 5.49. The van der Waals surface area contributed by atoms with Crippen molar-refractivity contribution in [2.45, 2.75) is 24.8 Å². The maximum absolute atomic E-state index is 13.6. The molecule has 1 aliphatic rings. The minimum atomic E-state index is -0.613. The van der Waals surface area contributed by atoms with E-state index < -0.39 is 12.0 Å². The topological polar surface area (TPSA) is 69.9 Å². The number of hydrogen-bond donors (Lipinski definition) is 0. The molecule has 2 aromatic carbocycles. The van der Waals surface area contributed by atoms with Crippen molar-refractivity contribution in [3.8, 4) is 5.75 Å². The van der Waals surface area contributed by atoms with Gasteiger partial charge in [0.2, 0.25) is 0 Å². The van der Waals surface area contributed by atoms with Gasteiger partial charge in [0, 0.05) is 4.90 Å². The molecule has 4 rings (SSSR count). The number of allylic oxidation sites excluding steroid dienone is 1. The van der Waals surface area contributed by atoms with E-state index in [0.717, 1.165) is 21.8 Å². The summed E-state index contributed by atoms with van der Waals surface area (Å²) in [4.78, 5) is 32.9. The number of thiazole rings is 1. The predicted molar refractivity (Wildman–Crippen MR) is 141 cm³/mol. The van der Waals surface area contributed by atoms with E-state index in [4.69, 9.17) is 9.47 Å². The highest BCUT2D eigenvalue weighted by Gasteiger charge is 2.33. The Morgan fingerprint density at radius 3 is 2.54 bits per heavy atom. The normalized spacial score (nSPS) is 15.4. The van der Waals surface area contributed by atoms with Crippen molar-refractivity contribution >= 4 is 35.1 Å². The molecular formula is C27H26N2O4S2. The number of fused-ring (bicyclic) bond motifs is 1. The van der Waals surface area contributed by atoms with Crippen molar-refractivity contribution in [2.75, 3.05) is 19.5 Å². The Balaban J connectivity index is 1.84. The summed E-state index contributed by atoms with van der Waals surface area (Å²) in [5.41, 5.74) is 2.43. The van der Waals surface area contributed by atoms with Crippen LogP contribution in [0.4, 0.5) is 0 Å². The van der Waals surface area contributed by atoms with E-state index in [-0.39, 0.29) is 12.2 Å². The molecule has 0 bridgehead atoms. The lowest BCUT2D eigenvalue weighted by atomic mass is 9.96. The van der Waals surface area contributed by atoms with Gasteiger partial charge < -0.3 is 9.47 Å². The number of rotatable bonds is 8. The Morgan fingerprint density at radius 1 is 1.20 bits per heavy atom. The minimum Gasteiger partial charge on any atom is -0.490 e. The van der Waals surface area contributed by atoms with Gasteiger partial charge in [-0.25, -0.2) is 9.79 Å². The van der Waals surface area contributed by atoms with E-state index in [1.54, 1.807) is 36.3 Å². The summed E-state index contributed by atoms with van der Waals surface area (Å²) < 4.78 is 13.0. The van der Waals surface area contributed by atoms with Crippen LogP contribution in [0.15, 0.2) is 87.1 Å². The lowest BCUT2D eigenvalue weighted by Gasteiger charge is -2.24. The van der Waals surface area contributed by atoms with Crippen molar-refractivity contribution < 1.29 is 14.3 Å². The molecule has 3 aromatic rings. The third-order valence-corrected chi connectivity index (χ3v) is 7.22. The Labute approximate surface area is 211 Å². The number of benzene rings is 2. The van der Waals surface area contributed by atoms with Gasteiger partial charge in [-0.3, -0.25) is 9.36 Å². The van der Waals surface area contributed by atoms with E-state index >= 15 is 0 Å². The van der Waals surface area contributed by atoms with Crippen molar-refractivity contribution in [3.63, 3.8) is 0 Å². The van der Waals surface area contributed by atoms with Gasteiger partial charge in [-0.2, -0.15) is 0 Å². The summed E-state index contributed by atoms with van der Waals surface area (Å²) in [7, 11) is 0. The molecule has 0 radical (unpaired) electrons. The van der Waals surface area contributed by atoms with E-state index in [1.807, 2.05) is 60.9 Å². The van der Waals surface area contributed by atoms with Crippen LogP contribution in [-0.4, -0.2) is 30.0 Å². The second kappa shape index (κ2) is 10.9. The van der Waals surface area contributed by atoms with E-state index in [2.05, 4.69) is 11.6 Å². The van der Waals surface area contributed by atoms with Gasteiger partial charge in [0.1, 0.15) is 12.4 Å². The molecule has 6 nitrogen and oxygen atoms in total. The Bertz CT molecular complexity index is 1450. The first kappa shape index (κ1) is 24.8. The van der Waals surface area contributed by atoms with Crippen LogP contribution in [0.3, 0.4) is 0 Å². The molecule has 0 saturated carbocycles.